The first-order valence-corrected chi connectivity index (χ1v) is 13.1. The Morgan fingerprint density at radius 2 is 1.38 bits per heavy atom. The number of ether oxygens (including phenoxy) is 1. The zero-order valence-corrected chi connectivity index (χ0v) is 25.9. The van der Waals surface area contributed by atoms with E-state index >= 15 is 0 Å². The fourth-order valence-electron chi connectivity index (χ4n) is 2.96. The molecule has 3 rings (SSSR count). The number of terminal acetylenes is 1. The molecular formula is C38H38N6O4. The minimum absolute atomic E-state index is 0. The van der Waals surface area contributed by atoms with Gasteiger partial charge in [-0.3, -0.25) is 4.98 Å². The smallest absolute Gasteiger partial charge is 0.161 e. The summed E-state index contributed by atoms with van der Waals surface area (Å²) in [6.07, 6.45) is 8.27. The number of aromatic hydroxyl groups is 1. The maximum atomic E-state index is 9.71. The van der Waals surface area contributed by atoms with Crippen molar-refractivity contribution in [2.75, 3.05) is 12.4 Å². The lowest BCUT2D eigenvalue weighted by atomic mass is 10.1. The van der Waals surface area contributed by atoms with Crippen molar-refractivity contribution in [2.45, 2.75) is 19.9 Å². The molecule has 1 atom stereocenters. The van der Waals surface area contributed by atoms with Crippen LogP contribution in [0, 0.1) is 123 Å². The number of aromatic nitrogens is 2. The number of phenols is 1. The van der Waals surface area contributed by atoms with Crippen LogP contribution in [0.3, 0.4) is 0 Å². The Morgan fingerprint density at radius 3 is 1.85 bits per heavy atom. The van der Waals surface area contributed by atoms with Crippen LogP contribution in [0.2, 0.25) is 0 Å². The standard InChI is InChI=1S/C19H19N3O2.C19H4.HN3.O2.7H2/c1-13(14-6-4-3-5-7-14)21-19-12-20-11-16(22-19)15-8-9-17(23)18(10-15)24-2;1-3-5-7-9-11-13-15-17-19-18-16-14-12-10-8-6-4-2;1-3-2;1-2;;;;;;;/h3-13,23H,1-2H3,(H,21,22);1H,2H3;1H;;7*1H/t13-;;;;;;;;;;/m0........../s1. The Morgan fingerprint density at radius 1 is 0.875 bits per heavy atom. The molecule has 0 spiro atoms. The molecule has 1 aromatic heterocycles. The third-order valence-corrected chi connectivity index (χ3v) is 4.85. The van der Waals surface area contributed by atoms with Gasteiger partial charge in [0.1, 0.15) is 5.82 Å². The van der Waals surface area contributed by atoms with Crippen LogP contribution in [0.4, 0.5) is 5.82 Å². The van der Waals surface area contributed by atoms with Gasteiger partial charge in [-0.05, 0) is 143 Å². The van der Waals surface area contributed by atoms with Gasteiger partial charge in [0.2, 0.25) is 0 Å². The number of phenolic OH excluding ortho intramolecular Hbond substituents is 1. The van der Waals surface area contributed by atoms with E-state index in [1.54, 1.807) is 42.4 Å². The van der Waals surface area contributed by atoms with Gasteiger partial charge in [-0.25, -0.2) is 4.98 Å². The molecule has 244 valence electrons. The van der Waals surface area contributed by atoms with Gasteiger partial charge in [0.05, 0.1) is 25.2 Å². The molecule has 0 saturated heterocycles. The van der Waals surface area contributed by atoms with E-state index in [9.17, 15) is 5.11 Å². The lowest BCUT2D eigenvalue weighted by molar-refractivity contribution is 0.373. The van der Waals surface area contributed by atoms with Crippen LogP contribution < -0.4 is 10.1 Å². The molecule has 0 aliphatic carbocycles. The molecule has 0 aliphatic heterocycles. The van der Waals surface area contributed by atoms with Crippen molar-refractivity contribution in [3.05, 3.63) is 86.9 Å². The summed E-state index contributed by atoms with van der Waals surface area (Å²) in [5.74, 6) is 43.1. The second-order valence-corrected chi connectivity index (χ2v) is 7.82. The first-order valence-electron chi connectivity index (χ1n) is 13.1. The Balaban J connectivity index is -0.000000109. The maximum Gasteiger partial charge on any atom is 0.161 e. The molecule has 48 heavy (non-hydrogen) atoms. The predicted octanol–water partition coefficient (Wildman–Crippen LogP) is 7.36. The molecule has 3 N–H and O–H groups in total. The van der Waals surface area contributed by atoms with E-state index in [1.165, 1.54) is 12.7 Å². The van der Waals surface area contributed by atoms with Crippen LogP contribution in [0.5, 0.6) is 11.5 Å². The summed E-state index contributed by atoms with van der Waals surface area (Å²) in [6.45, 7) is 3.78. The Labute approximate surface area is 290 Å². The molecule has 0 bridgehead atoms. The number of methoxy groups -OCH3 is 1. The molecule has 10 heteroatoms. The van der Waals surface area contributed by atoms with E-state index < -0.39 is 0 Å². The highest BCUT2D eigenvalue weighted by molar-refractivity contribution is 5.64. The Bertz CT molecular complexity index is 2140. The number of anilines is 1. The van der Waals surface area contributed by atoms with Crippen LogP contribution in [0.1, 0.15) is 35.4 Å². The van der Waals surface area contributed by atoms with E-state index in [1.807, 2.05) is 18.2 Å². The minimum Gasteiger partial charge on any atom is -0.504 e. The van der Waals surface area contributed by atoms with Crippen molar-refractivity contribution in [3.63, 3.8) is 0 Å². The van der Waals surface area contributed by atoms with E-state index in [-0.39, 0.29) is 21.8 Å². The second-order valence-electron chi connectivity index (χ2n) is 7.82. The number of benzene rings is 2. The highest BCUT2D eigenvalue weighted by Crippen LogP contribution is 2.31. The Kier molecular flexibility index (Phi) is 23.0. The van der Waals surface area contributed by atoms with Crippen molar-refractivity contribution in [2.24, 2.45) is 0 Å². The molecular weight excluding hydrogens is 604 g/mol. The Hall–Kier alpha value is -8.13. The zero-order valence-electron chi connectivity index (χ0n) is 25.9. The van der Waals surface area contributed by atoms with Gasteiger partial charge in [0, 0.05) is 31.5 Å². The summed E-state index contributed by atoms with van der Waals surface area (Å²) in [5.41, 5.74) is 15.0. The van der Waals surface area contributed by atoms with E-state index in [2.05, 4.69) is 135 Å². The van der Waals surface area contributed by atoms with Gasteiger partial charge in [0.15, 0.2) is 11.5 Å². The fourth-order valence-corrected chi connectivity index (χ4v) is 2.96. The lowest BCUT2D eigenvalue weighted by Crippen LogP contribution is -2.08. The third kappa shape index (κ3) is 18.4. The van der Waals surface area contributed by atoms with Crippen molar-refractivity contribution in [1.29, 1.82) is 5.53 Å². The quantitative estimate of drug-likeness (QED) is 0.113. The summed E-state index contributed by atoms with van der Waals surface area (Å²) in [4.78, 5) is 24.6. The number of nitrogens with one attached hydrogen (secondary N) is 2. The van der Waals surface area contributed by atoms with Gasteiger partial charge in [-0.15, -0.1) is 12.0 Å². The van der Waals surface area contributed by atoms with Crippen LogP contribution in [-0.4, -0.2) is 22.2 Å². The van der Waals surface area contributed by atoms with Gasteiger partial charge >= 0.3 is 0 Å². The molecule has 0 amide bonds. The first kappa shape index (κ1) is 39.9. The highest BCUT2D eigenvalue weighted by atomic mass is 16.7. The van der Waals surface area contributed by atoms with E-state index in [0.29, 0.717) is 17.3 Å². The fraction of sp³-hybridized carbons (Fsp3) is 0.105. The molecule has 3 aromatic rings. The highest BCUT2D eigenvalue weighted by Gasteiger charge is 2.09. The lowest BCUT2D eigenvalue weighted by Gasteiger charge is -2.15. The molecule has 2 aromatic carbocycles. The van der Waals surface area contributed by atoms with Crippen molar-refractivity contribution >= 4 is 5.82 Å². The average molecular weight is 643 g/mol. The number of nitrogens with zero attached hydrogens (tertiary/aromatic N) is 4. The van der Waals surface area contributed by atoms with Crippen LogP contribution in [0.15, 0.2) is 60.9 Å². The largest absolute Gasteiger partial charge is 0.504 e. The monoisotopic (exact) mass is 642 g/mol. The van der Waals surface area contributed by atoms with Crippen LogP contribution in [0.25, 0.3) is 21.7 Å². The van der Waals surface area contributed by atoms with E-state index in [0.717, 1.165) is 5.56 Å². The van der Waals surface area contributed by atoms with Crippen LogP contribution in [-0.2, 0) is 0 Å². The number of rotatable bonds is 5. The molecule has 0 unspecified atom stereocenters. The number of hydrogen-bond acceptors (Lipinski definition) is 8. The van der Waals surface area contributed by atoms with Gasteiger partial charge in [0.25, 0.3) is 0 Å². The van der Waals surface area contributed by atoms with Gasteiger partial charge in [-0.2, -0.15) is 0 Å². The molecule has 10 nitrogen and oxygen atoms in total. The van der Waals surface area contributed by atoms with Crippen molar-refractivity contribution in [3.8, 4) is 130 Å². The topological polar surface area (TPSA) is 162 Å². The summed E-state index contributed by atoms with van der Waals surface area (Å²) < 4.78 is 5.15. The molecule has 0 fully saturated rings. The summed E-state index contributed by atoms with van der Waals surface area (Å²) >= 11 is 0. The summed E-state index contributed by atoms with van der Waals surface area (Å²) in [7, 11) is 1.52. The maximum absolute atomic E-state index is 9.71. The SMILES string of the molecule is C#CC#CC#CC#CC#CC#CC#CC#CC#CC.COc1cc(-c2cncc(N[C@@H](C)c3ccccc3)n2)ccc1O.O=O.[HH].[HH].[HH].[HH].[HH].[HH].[HH].[N-]=[N+]=N. The second kappa shape index (κ2) is 27.7. The molecule has 0 radical (unpaired) electrons. The third-order valence-electron chi connectivity index (χ3n) is 4.85. The molecule has 0 saturated carbocycles. The van der Waals surface area contributed by atoms with E-state index in [4.69, 9.17) is 32.2 Å². The van der Waals surface area contributed by atoms with Gasteiger partial charge < -0.3 is 15.2 Å². The summed E-state index contributed by atoms with van der Waals surface area (Å²) in [6, 6.07) is 15.4. The first-order chi connectivity index (χ1) is 23.5. The van der Waals surface area contributed by atoms with Crippen molar-refractivity contribution < 1.29 is 19.8 Å². The number of hydrogen-bond donors (Lipinski definition) is 3. The van der Waals surface area contributed by atoms with Crippen molar-refractivity contribution in [1.82, 2.24) is 9.97 Å². The normalized spacial score (nSPS) is 7.62. The molecule has 1 heterocycles. The molecule has 0 aliphatic rings. The predicted molar refractivity (Wildman–Crippen MR) is 202 cm³/mol. The zero-order chi connectivity index (χ0) is 35.7. The van der Waals surface area contributed by atoms with Crippen LogP contribution >= 0.6 is 0 Å². The minimum atomic E-state index is 0. The summed E-state index contributed by atoms with van der Waals surface area (Å²) in [5, 5.41) is 13.1. The van der Waals surface area contributed by atoms with Gasteiger partial charge in [-0.1, -0.05) is 36.3 Å². The average Bonchev–Trinajstić information content (AvgIpc) is 3.12.